The number of hydrogen-bond acceptors (Lipinski definition) is 4. The van der Waals surface area contributed by atoms with Gasteiger partial charge in [0.05, 0.1) is 20.8 Å². The number of anilines is 1. The topological polar surface area (TPSA) is 59.1 Å². The predicted octanol–water partition coefficient (Wildman–Crippen LogP) is 3.26. The van der Waals surface area contributed by atoms with E-state index in [1.807, 2.05) is 36.4 Å². The minimum atomic E-state index is -0.809. The number of nitrogen functional groups attached to an aromatic ring is 1. The van der Waals surface area contributed by atoms with Crippen molar-refractivity contribution in [1.29, 1.82) is 0 Å². The maximum Gasteiger partial charge on any atom is 0.0970 e. The number of nitrogens with two attached hydrogens (primary N) is 1. The molecule has 106 valence electrons. The third kappa shape index (κ3) is 2.11. The maximum atomic E-state index is 11.0. The summed E-state index contributed by atoms with van der Waals surface area (Å²) in [5.74, 6) is 0. The molecule has 3 N–H and O–H groups in total. The Kier molecular flexibility index (Phi) is 2.77. The molecule has 1 aromatic heterocycles. The molecule has 21 heavy (non-hydrogen) atoms. The highest BCUT2D eigenvalue weighted by atomic mass is 32.1. The minimum Gasteiger partial charge on any atom is -0.399 e. The van der Waals surface area contributed by atoms with Gasteiger partial charge in [0.15, 0.2) is 0 Å². The zero-order valence-corrected chi connectivity index (χ0v) is 12.4. The second-order valence-corrected chi connectivity index (χ2v) is 6.82. The second kappa shape index (κ2) is 4.55. The van der Waals surface area contributed by atoms with Gasteiger partial charge in [-0.05, 0) is 48.2 Å². The Morgan fingerprint density at radius 2 is 2.10 bits per heavy atom. The van der Waals surface area contributed by atoms with Crippen LogP contribution < -0.4 is 5.73 Å². The van der Waals surface area contributed by atoms with Gasteiger partial charge >= 0.3 is 0 Å². The van der Waals surface area contributed by atoms with E-state index in [4.69, 9.17) is 5.73 Å². The summed E-state index contributed by atoms with van der Waals surface area (Å²) in [5.41, 5.74) is 8.97. The molecule has 1 unspecified atom stereocenters. The highest BCUT2D eigenvalue weighted by Crippen LogP contribution is 2.41. The molecular formula is C17H16N2OS. The molecule has 1 atom stereocenters. The molecule has 4 rings (SSSR count). The van der Waals surface area contributed by atoms with E-state index in [1.54, 1.807) is 11.3 Å². The van der Waals surface area contributed by atoms with Crippen LogP contribution in [0.2, 0.25) is 0 Å². The van der Waals surface area contributed by atoms with Crippen molar-refractivity contribution in [3.8, 4) is 0 Å². The van der Waals surface area contributed by atoms with Gasteiger partial charge in [-0.15, -0.1) is 11.3 Å². The van der Waals surface area contributed by atoms with Crippen molar-refractivity contribution in [2.45, 2.75) is 24.9 Å². The van der Waals surface area contributed by atoms with Crippen LogP contribution in [-0.2, 0) is 18.4 Å². The summed E-state index contributed by atoms with van der Waals surface area (Å²) in [6, 6.07) is 13.9. The van der Waals surface area contributed by atoms with E-state index in [1.165, 1.54) is 10.3 Å². The average molecular weight is 296 g/mol. The lowest BCUT2D eigenvalue weighted by Gasteiger charge is -2.22. The van der Waals surface area contributed by atoms with Crippen molar-refractivity contribution in [2.75, 3.05) is 5.73 Å². The third-order valence-corrected chi connectivity index (χ3v) is 5.26. The Morgan fingerprint density at radius 1 is 1.24 bits per heavy atom. The Balaban J connectivity index is 1.71. The minimum absolute atomic E-state index is 0.573. The number of fused-ring (bicyclic) bond motifs is 2. The molecule has 0 saturated carbocycles. The van der Waals surface area contributed by atoms with E-state index in [-0.39, 0.29) is 0 Å². The van der Waals surface area contributed by atoms with E-state index in [2.05, 4.69) is 11.1 Å². The van der Waals surface area contributed by atoms with Crippen molar-refractivity contribution in [1.82, 2.24) is 4.98 Å². The molecule has 0 radical (unpaired) electrons. The fraction of sp³-hybridized carbons (Fsp3) is 0.235. The van der Waals surface area contributed by atoms with E-state index in [0.717, 1.165) is 34.6 Å². The van der Waals surface area contributed by atoms with Crippen LogP contribution in [0.15, 0.2) is 42.5 Å². The number of nitrogens with zero attached hydrogens (tertiary/aromatic N) is 1. The summed E-state index contributed by atoms with van der Waals surface area (Å²) in [4.78, 5) is 4.65. The first-order valence-electron chi connectivity index (χ1n) is 7.10. The van der Waals surface area contributed by atoms with Crippen LogP contribution in [0.1, 0.15) is 22.6 Å². The molecule has 0 spiro atoms. The van der Waals surface area contributed by atoms with Crippen LogP contribution in [-0.4, -0.2) is 10.1 Å². The first-order chi connectivity index (χ1) is 10.1. The summed E-state index contributed by atoms with van der Waals surface area (Å²) in [5, 5.41) is 12.0. The van der Waals surface area contributed by atoms with Crippen molar-refractivity contribution in [3.05, 3.63) is 58.6 Å². The quantitative estimate of drug-likeness (QED) is 0.714. The van der Waals surface area contributed by atoms with Crippen LogP contribution in [0.3, 0.4) is 0 Å². The number of aryl methyl sites for hydroxylation is 1. The normalized spacial score (nSPS) is 20.8. The smallest absolute Gasteiger partial charge is 0.0970 e. The standard InChI is InChI=1S/C17H16N2OS/c18-12-5-6-13-11(9-12)7-8-17(13,20)10-16-19-14-3-1-2-4-15(14)21-16/h1-6,9,20H,7-8,10,18H2. The highest BCUT2D eigenvalue weighted by molar-refractivity contribution is 7.18. The molecule has 2 aromatic carbocycles. The number of para-hydroxylation sites is 1. The molecule has 1 aliphatic carbocycles. The van der Waals surface area contributed by atoms with Gasteiger partial charge < -0.3 is 10.8 Å². The van der Waals surface area contributed by atoms with Crippen LogP contribution in [0.4, 0.5) is 5.69 Å². The molecule has 0 amide bonds. The van der Waals surface area contributed by atoms with Crippen LogP contribution in [0.25, 0.3) is 10.2 Å². The molecule has 0 bridgehead atoms. The molecule has 0 aliphatic heterocycles. The summed E-state index contributed by atoms with van der Waals surface area (Å²) >= 11 is 1.66. The van der Waals surface area contributed by atoms with Gasteiger partial charge in [0.25, 0.3) is 0 Å². The molecule has 3 aromatic rings. The van der Waals surface area contributed by atoms with Gasteiger partial charge in [0, 0.05) is 12.1 Å². The fourth-order valence-electron chi connectivity index (χ4n) is 3.18. The number of aromatic nitrogens is 1. The van der Waals surface area contributed by atoms with E-state index in [9.17, 15) is 5.11 Å². The van der Waals surface area contributed by atoms with E-state index >= 15 is 0 Å². The van der Waals surface area contributed by atoms with E-state index in [0.29, 0.717) is 6.42 Å². The van der Waals surface area contributed by atoms with Crippen LogP contribution in [0.5, 0.6) is 0 Å². The predicted molar refractivity (Wildman–Crippen MR) is 86.4 cm³/mol. The Hall–Kier alpha value is -1.91. The zero-order valence-electron chi connectivity index (χ0n) is 11.5. The summed E-state index contributed by atoms with van der Waals surface area (Å²) in [7, 11) is 0. The van der Waals surface area contributed by atoms with Gasteiger partial charge in [-0.2, -0.15) is 0 Å². The van der Waals surface area contributed by atoms with Gasteiger partial charge in [-0.25, -0.2) is 4.98 Å². The van der Waals surface area contributed by atoms with Crippen molar-refractivity contribution >= 4 is 27.2 Å². The highest BCUT2D eigenvalue weighted by Gasteiger charge is 2.37. The number of hydrogen-bond donors (Lipinski definition) is 2. The summed E-state index contributed by atoms with van der Waals surface area (Å²) in [6.45, 7) is 0. The van der Waals surface area contributed by atoms with Crippen molar-refractivity contribution < 1.29 is 5.11 Å². The first kappa shape index (κ1) is 12.8. The molecule has 3 nitrogen and oxygen atoms in total. The van der Waals surface area contributed by atoms with Gasteiger partial charge in [0.1, 0.15) is 0 Å². The van der Waals surface area contributed by atoms with Crippen LogP contribution in [0, 0.1) is 0 Å². The average Bonchev–Trinajstić information content (AvgIpc) is 3.00. The number of thiazole rings is 1. The lowest BCUT2D eigenvalue weighted by atomic mass is 9.92. The van der Waals surface area contributed by atoms with Crippen LogP contribution >= 0.6 is 11.3 Å². The Morgan fingerprint density at radius 3 is 2.95 bits per heavy atom. The maximum absolute atomic E-state index is 11.0. The summed E-state index contributed by atoms with van der Waals surface area (Å²) in [6.07, 6.45) is 2.19. The van der Waals surface area contributed by atoms with Gasteiger partial charge in [-0.1, -0.05) is 18.2 Å². The zero-order chi connectivity index (χ0) is 14.4. The largest absolute Gasteiger partial charge is 0.399 e. The monoisotopic (exact) mass is 296 g/mol. The third-order valence-electron chi connectivity index (χ3n) is 4.22. The Bertz CT molecular complexity index is 794. The fourth-order valence-corrected chi connectivity index (χ4v) is 4.25. The van der Waals surface area contributed by atoms with E-state index < -0.39 is 5.60 Å². The van der Waals surface area contributed by atoms with Gasteiger partial charge in [0.2, 0.25) is 0 Å². The number of benzene rings is 2. The molecule has 4 heteroatoms. The second-order valence-electron chi connectivity index (χ2n) is 5.70. The molecular weight excluding hydrogens is 280 g/mol. The molecule has 1 heterocycles. The number of aliphatic hydroxyl groups is 1. The molecule has 0 saturated heterocycles. The first-order valence-corrected chi connectivity index (χ1v) is 7.91. The van der Waals surface area contributed by atoms with Crippen molar-refractivity contribution in [2.24, 2.45) is 0 Å². The van der Waals surface area contributed by atoms with Gasteiger partial charge in [-0.3, -0.25) is 0 Å². The SMILES string of the molecule is Nc1ccc2c(c1)CCC2(O)Cc1nc2ccccc2s1. The number of rotatable bonds is 2. The lowest BCUT2D eigenvalue weighted by molar-refractivity contribution is 0.0390. The Labute approximate surface area is 127 Å². The summed E-state index contributed by atoms with van der Waals surface area (Å²) < 4.78 is 1.17. The molecule has 0 fully saturated rings. The van der Waals surface area contributed by atoms with Crippen molar-refractivity contribution in [3.63, 3.8) is 0 Å². The lowest BCUT2D eigenvalue weighted by Crippen LogP contribution is -2.25. The molecule has 1 aliphatic rings.